The highest BCUT2D eigenvalue weighted by atomic mass is 32.2. The molecular formula is C18H23NOS. The Bertz CT molecular complexity index is 556. The molecule has 0 spiro atoms. The van der Waals surface area contributed by atoms with Crippen LogP contribution in [0.5, 0.6) is 0 Å². The molecule has 0 aliphatic heterocycles. The quantitative estimate of drug-likeness (QED) is 0.850. The molecule has 0 aliphatic rings. The molecule has 2 rings (SSSR count). The normalized spacial score (nSPS) is 15.3. The van der Waals surface area contributed by atoms with Crippen LogP contribution in [-0.4, -0.2) is 23.1 Å². The predicted octanol–water partition coefficient (Wildman–Crippen LogP) is 3.33. The molecule has 0 bridgehead atoms. The first-order valence-corrected chi connectivity index (χ1v) is 8.99. The third-order valence-electron chi connectivity index (χ3n) is 3.62. The summed E-state index contributed by atoms with van der Waals surface area (Å²) < 4.78 is 12.3. The SMILES string of the molecule is CCNC(Cc1ccccc1)C(c1ccccc1)S(C)=O. The molecule has 3 unspecified atom stereocenters. The molecule has 1 N–H and O–H groups in total. The van der Waals surface area contributed by atoms with E-state index in [9.17, 15) is 4.21 Å². The van der Waals surface area contributed by atoms with Crippen molar-refractivity contribution in [2.45, 2.75) is 24.6 Å². The fourth-order valence-electron chi connectivity index (χ4n) is 2.71. The molecule has 0 fully saturated rings. The Morgan fingerprint density at radius 1 is 1.00 bits per heavy atom. The van der Waals surface area contributed by atoms with Gasteiger partial charge in [0.25, 0.3) is 0 Å². The summed E-state index contributed by atoms with van der Waals surface area (Å²) in [5.41, 5.74) is 2.41. The molecule has 3 heteroatoms. The molecule has 2 nitrogen and oxygen atoms in total. The minimum Gasteiger partial charge on any atom is -0.312 e. The molecular weight excluding hydrogens is 278 g/mol. The number of hydrogen-bond donors (Lipinski definition) is 1. The van der Waals surface area contributed by atoms with Crippen LogP contribution in [0.2, 0.25) is 0 Å². The van der Waals surface area contributed by atoms with E-state index in [1.165, 1.54) is 5.56 Å². The van der Waals surface area contributed by atoms with Gasteiger partial charge in [0.05, 0.1) is 5.25 Å². The Morgan fingerprint density at radius 3 is 2.10 bits per heavy atom. The van der Waals surface area contributed by atoms with Crippen molar-refractivity contribution < 1.29 is 4.21 Å². The second-order valence-electron chi connectivity index (χ2n) is 5.18. The second-order valence-corrected chi connectivity index (χ2v) is 6.69. The van der Waals surface area contributed by atoms with Crippen LogP contribution in [0.25, 0.3) is 0 Å². The van der Waals surface area contributed by atoms with Gasteiger partial charge in [0.1, 0.15) is 0 Å². The van der Waals surface area contributed by atoms with Gasteiger partial charge in [0.15, 0.2) is 0 Å². The molecule has 21 heavy (non-hydrogen) atoms. The first-order chi connectivity index (χ1) is 10.2. The summed E-state index contributed by atoms with van der Waals surface area (Å²) in [6, 6.07) is 20.7. The van der Waals surface area contributed by atoms with Crippen LogP contribution in [-0.2, 0) is 17.2 Å². The van der Waals surface area contributed by atoms with Gasteiger partial charge in [0, 0.05) is 23.1 Å². The molecule has 0 aromatic heterocycles. The van der Waals surface area contributed by atoms with Crippen LogP contribution in [0.1, 0.15) is 23.3 Å². The Balaban J connectivity index is 2.27. The van der Waals surface area contributed by atoms with E-state index in [4.69, 9.17) is 0 Å². The van der Waals surface area contributed by atoms with Crippen LogP contribution < -0.4 is 5.32 Å². The lowest BCUT2D eigenvalue weighted by Crippen LogP contribution is -2.38. The zero-order valence-corrected chi connectivity index (χ0v) is 13.5. The maximum atomic E-state index is 12.3. The minimum atomic E-state index is -0.922. The molecule has 0 saturated heterocycles. The van der Waals surface area contributed by atoms with Gasteiger partial charge in [-0.2, -0.15) is 0 Å². The fourth-order valence-corrected chi connectivity index (χ4v) is 3.91. The van der Waals surface area contributed by atoms with Crippen molar-refractivity contribution in [1.29, 1.82) is 0 Å². The van der Waals surface area contributed by atoms with Crippen molar-refractivity contribution in [2.75, 3.05) is 12.8 Å². The lowest BCUT2D eigenvalue weighted by molar-refractivity contribution is 0.505. The average molecular weight is 301 g/mol. The van der Waals surface area contributed by atoms with Crippen LogP contribution in [0.4, 0.5) is 0 Å². The number of rotatable bonds is 7. The van der Waals surface area contributed by atoms with Gasteiger partial charge in [-0.15, -0.1) is 0 Å². The van der Waals surface area contributed by atoms with E-state index in [1.807, 2.05) is 24.3 Å². The fraction of sp³-hybridized carbons (Fsp3) is 0.333. The summed E-state index contributed by atoms with van der Waals surface area (Å²) in [5, 5.41) is 3.52. The monoisotopic (exact) mass is 301 g/mol. The van der Waals surface area contributed by atoms with Gasteiger partial charge in [-0.05, 0) is 24.1 Å². The lowest BCUT2D eigenvalue weighted by Gasteiger charge is -2.27. The molecule has 0 saturated carbocycles. The van der Waals surface area contributed by atoms with Gasteiger partial charge in [0.2, 0.25) is 0 Å². The minimum absolute atomic E-state index is 0.00589. The van der Waals surface area contributed by atoms with Crippen LogP contribution >= 0.6 is 0 Å². The maximum absolute atomic E-state index is 12.3. The Labute approximate surface area is 130 Å². The van der Waals surface area contributed by atoms with Crippen molar-refractivity contribution in [2.24, 2.45) is 0 Å². The standard InChI is InChI=1S/C18H23NOS/c1-3-19-17(14-15-10-6-4-7-11-15)18(21(2)20)16-12-8-5-9-13-16/h4-13,17-19H,3,14H2,1-2H3. The number of hydrogen-bond acceptors (Lipinski definition) is 2. The highest BCUT2D eigenvalue weighted by Gasteiger charge is 2.26. The number of benzene rings is 2. The number of nitrogens with one attached hydrogen (secondary N) is 1. The molecule has 0 radical (unpaired) electrons. The zero-order chi connectivity index (χ0) is 15.1. The van der Waals surface area contributed by atoms with Gasteiger partial charge in [-0.3, -0.25) is 4.21 Å². The molecule has 0 aliphatic carbocycles. The van der Waals surface area contributed by atoms with E-state index in [1.54, 1.807) is 6.26 Å². The smallest absolute Gasteiger partial charge is 0.0750 e. The Morgan fingerprint density at radius 2 is 1.57 bits per heavy atom. The summed E-state index contributed by atoms with van der Waals surface area (Å²) in [7, 11) is -0.922. The summed E-state index contributed by atoms with van der Waals surface area (Å²) >= 11 is 0. The van der Waals surface area contributed by atoms with E-state index >= 15 is 0 Å². The van der Waals surface area contributed by atoms with E-state index < -0.39 is 10.8 Å². The summed E-state index contributed by atoms with van der Waals surface area (Å²) in [5.74, 6) is 0. The third-order valence-corrected chi connectivity index (χ3v) is 4.93. The maximum Gasteiger partial charge on any atom is 0.0750 e. The molecule has 2 aromatic rings. The van der Waals surface area contributed by atoms with Crippen molar-refractivity contribution in [3.05, 3.63) is 71.8 Å². The highest BCUT2D eigenvalue weighted by molar-refractivity contribution is 7.84. The van der Waals surface area contributed by atoms with Crippen LogP contribution in [0.3, 0.4) is 0 Å². The van der Waals surface area contributed by atoms with E-state index in [0.717, 1.165) is 18.5 Å². The Hall–Kier alpha value is -1.45. The first kappa shape index (κ1) is 15.9. The summed E-state index contributed by atoms with van der Waals surface area (Å²) in [4.78, 5) is 0. The van der Waals surface area contributed by atoms with Crippen LogP contribution in [0.15, 0.2) is 60.7 Å². The van der Waals surface area contributed by atoms with E-state index in [0.29, 0.717) is 0 Å². The molecule has 0 amide bonds. The van der Waals surface area contributed by atoms with Gasteiger partial charge < -0.3 is 5.32 Å². The van der Waals surface area contributed by atoms with Crippen molar-refractivity contribution in [1.82, 2.24) is 5.32 Å². The number of likely N-dealkylation sites (N-methyl/N-ethyl adjacent to an activating group) is 1. The zero-order valence-electron chi connectivity index (χ0n) is 12.7. The topological polar surface area (TPSA) is 29.1 Å². The van der Waals surface area contributed by atoms with Gasteiger partial charge >= 0.3 is 0 Å². The molecule has 3 atom stereocenters. The largest absolute Gasteiger partial charge is 0.312 e. The molecule has 2 aromatic carbocycles. The Kier molecular flexibility index (Phi) is 6.15. The van der Waals surface area contributed by atoms with Gasteiger partial charge in [-0.1, -0.05) is 67.6 Å². The van der Waals surface area contributed by atoms with Crippen molar-refractivity contribution in [3.8, 4) is 0 Å². The van der Waals surface area contributed by atoms with Crippen LogP contribution in [0, 0.1) is 0 Å². The average Bonchev–Trinajstić information content (AvgIpc) is 2.49. The summed E-state index contributed by atoms with van der Waals surface area (Å²) in [6.45, 7) is 2.97. The predicted molar refractivity (Wildman–Crippen MR) is 90.9 cm³/mol. The van der Waals surface area contributed by atoms with E-state index in [2.05, 4.69) is 48.6 Å². The second kappa shape index (κ2) is 8.11. The first-order valence-electron chi connectivity index (χ1n) is 7.37. The molecule has 0 heterocycles. The third kappa shape index (κ3) is 4.51. The van der Waals surface area contributed by atoms with Crippen molar-refractivity contribution in [3.63, 3.8) is 0 Å². The van der Waals surface area contributed by atoms with E-state index in [-0.39, 0.29) is 11.3 Å². The lowest BCUT2D eigenvalue weighted by atomic mass is 9.98. The summed E-state index contributed by atoms with van der Waals surface area (Å²) in [6.07, 6.45) is 2.68. The molecule has 112 valence electrons. The van der Waals surface area contributed by atoms with Crippen molar-refractivity contribution >= 4 is 10.8 Å². The van der Waals surface area contributed by atoms with Gasteiger partial charge in [-0.25, -0.2) is 0 Å². The highest BCUT2D eigenvalue weighted by Crippen LogP contribution is 2.25.